The Kier molecular flexibility index (Phi) is 5.28. The van der Waals surface area contributed by atoms with Crippen molar-refractivity contribution in [1.29, 1.82) is 0 Å². The molecule has 0 spiro atoms. The standard InChI is InChI=1S/C16H19Br2NO4S/c1-10-6-13(17)16(14(18)7-10)23-8-15(20)19(11-2-3-11)12-4-5-24(21,22)9-12/h6-7,11-12H,2-5,8-9H2,1H3/t12-/m0/s1. The zero-order valence-electron chi connectivity index (χ0n) is 13.3. The normalized spacial score (nSPS) is 22.4. The van der Waals surface area contributed by atoms with E-state index in [0.717, 1.165) is 27.4 Å². The quantitative estimate of drug-likeness (QED) is 0.649. The number of sulfone groups is 1. The van der Waals surface area contributed by atoms with Crippen molar-refractivity contribution < 1.29 is 17.9 Å². The van der Waals surface area contributed by atoms with Gasteiger partial charge in [-0.05, 0) is 75.7 Å². The second-order valence-electron chi connectivity index (χ2n) is 6.44. The molecule has 3 rings (SSSR count). The molecule has 1 saturated carbocycles. The van der Waals surface area contributed by atoms with E-state index in [0.29, 0.717) is 12.2 Å². The van der Waals surface area contributed by atoms with E-state index in [1.54, 1.807) is 4.90 Å². The number of aryl methyl sites for hydroxylation is 1. The molecular weight excluding hydrogens is 462 g/mol. The predicted octanol–water partition coefficient (Wildman–Crippen LogP) is 3.08. The number of nitrogens with zero attached hydrogens (tertiary/aromatic N) is 1. The summed E-state index contributed by atoms with van der Waals surface area (Å²) in [5.41, 5.74) is 1.07. The van der Waals surface area contributed by atoms with Crippen LogP contribution >= 0.6 is 31.9 Å². The first-order valence-electron chi connectivity index (χ1n) is 7.87. The van der Waals surface area contributed by atoms with E-state index in [9.17, 15) is 13.2 Å². The monoisotopic (exact) mass is 479 g/mol. The molecule has 0 N–H and O–H groups in total. The highest BCUT2D eigenvalue weighted by atomic mass is 79.9. The van der Waals surface area contributed by atoms with Gasteiger partial charge in [0, 0.05) is 12.1 Å². The third-order valence-corrected chi connectivity index (χ3v) is 7.24. The Morgan fingerprint density at radius 3 is 2.33 bits per heavy atom. The molecule has 1 aromatic rings. The molecule has 0 aromatic heterocycles. The van der Waals surface area contributed by atoms with Gasteiger partial charge in [-0.2, -0.15) is 0 Å². The highest BCUT2D eigenvalue weighted by molar-refractivity contribution is 9.11. The Morgan fingerprint density at radius 2 is 1.83 bits per heavy atom. The van der Waals surface area contributed by atoms with E-state index in [1.807, 2.05) is 19.1 Å². The van der Waals surface area contributed by atoms with Crippen LogP contribution in [-0.4, -0.2) is 49.4 Å². The van der Waals surface area contributed by atoms with Crippen molar-refractivity contribution in [1.82, 2.24) is 4.90 Å². The molecular formula is C16H19Br2NO4S. The van der Waals surface area contributed by atoms with Gasteiger partial charge in [0.25, 0.3) is 5.91 Å². The minimum atomic E-state index is -3.01. The molecule has 5 nitrogen and oxygen atoms in total. The molecule has 2 aliphatic rings. The van der Waals surface area contributed by atoms with E-state index in [1.165, 1.54) is 0 Å². The second-order valence-corrected chi connectivity index (χ2v) is 10.4. The highest BCUT2D eigenvalue weighted by Crippen LogP contribution is 2.36. The van der Waals surface area contributed by atoms with Gasteiger partial charge in [0.05, 0.1) is 20.5 Å². The molecule has 2 fully saturated rings. The zero-order chi connectivity index (χ0) is 17.5. The molecule has 1 aromatic carbocycles. The molecule has 0 radical (unpaired) electrons. The van der Waals surface area contributed by atoms with Crippen LogP contribution in [-0.2, 0) is 14.6 Å². The number of carbonyl (C=O) groups is 1. The van der Waals surface area contributed by atoms with E-state index < -0.39 is 9.84 Å². The van der Waals surface area contributed by atoms with Crippen LogP contribution in [0.5, 0.6) is 5.75 Å². The third kappa shape index (κ3) is 4.14. The Labute approximate surface area is 158 Å². The molecule has 1 atom stereocenters. The minimum Gasteiger partial charge on any atom is -0.481 e. The summed E-state index contributed by atoms with van der Waals surface area (Å²) in [7, 11) is -3.01. The fourth-order valence-corrected chi connectivity index (χ4v) is 6.44. The number of carbonyl (C=O) groups excluding carboxylic acids is 1. The summed E-state index contributed by atoms with van der Waals surface area (Å²) in [6.45, 7) is 1.88. The Bertz CT molecular complexity index is 738. The van der Waals surface area contributed by atoms with E-state index in [-0.39, 0.29) is 36.1 Å². The van der Waals surface area contributed by atoms with Gasteiger partial charge in [0.1, 0.15) is 5.75 Å². The maximum atomic E-state index is 12.7. The van der Waals surface area contributed by atoms with Crippen LogP contribution in [0, 0.1) is 6.92 Å². The van der Waals surface area contributed by atoms with Crippen molar-refractivity contribution in [2.24, 2.45) is 0 Å². The lowest BCUT2D eigenvalue weighted by Crippen LogP contribution is -2.45. The molecule has 1 aliphatic heterocycles. The van der Waals surface area contributed by atoms with Gasteiger partial charge in [0.2, 0.25) is 0 Å². The average molecular weight is 481 g/mol. The van der Waals surface area contributed by atoms with Gasteiger partial charge in [-0.3, -0.25) is 4.79 Å². The Morgan fingerprint density at radius 1 is 1.21 bits per heavy atom. The van der Waals surface area contributed by atoms with Crippen LogP contribution in [0.1, 0.15) is 24.8 Å². The number of amides is 1. The first-order valence-corrected chi connectivity index (χ1v) is 11.3. The fraction of sp³-hybridized carbons (Fsp3) is 0.562. The number of rotatable bonds is 5. The number of hydrogen-bond acceptors (Lipinski definition) is 4. The summed E-state index contributed by atoms with van der Waals surface area (Å²) in [4.78, 5) is 14.4. The zero-order valence-corrected chi connectivity index (χ0v) is 17.3. The van der Waals surface area contributed by atoms with Gasteiger partial charge >= 0.3 is 0 Å². The van der Waals surface area contributed by atoms with Crippen LogP contribution in [0.25, 0.3) is 0 Å². The van der Waals surface area contributed by atoms with Crippen molar-refractivity contribution in [3.8, 4) is 5.75 Å². The largest absolute Gasteiger partial charge is 0.481 e. The van der Waals surface area contributed by atoms with Crippen LogP contribution in [0.4, 0.5) is 0 Å². The molecule has 1 heterocycles. The number of halogens is 2. The summed E-state index contributed by atoms with van der Waals surface area (Å²) in [6.07, 6.45) is 2.42. The van der Waals surface area contributed by atoms with E-state index in [4.69, 9.17) is 4.74 Å². The van der Waals surface area contributed by atoms with Crippen molar-refractivity contribution in [3.63, 3.8) is 0 Å². The van der Waals surface area contributed by atoms with Crippen molar-refractivity contribution in [2.45, 2.75) is 38.3 Å². The molecule has 1 saturated heterocycles. The number of benzene rings is 1. The van der Waals surface area contributed by atoms with Crippen molar-refractivity contribution >= 4 is 47.6 Å². The van der Waals surface area contributed by atoms with Gasteiger partial charge in [-0.25, -0.2) is 8.42 Å². The molecule has 8 heteroatoms. The van der Waals surface area contributed by atoms with Gasteiger partial charge in [-0.1, -0.05) is 0 Å². The fourth-order valence-electron chi connectivity index (χ4n) is 3.09. The first kappa shape index (κ1) is 18.2. The van der Waals surface area contributed by atoms with Gasteiger partial charge < -0.3 is 9.64 Å². The lowest BCUT2D eigenvalue weighted by Gasteiger charge is -2.28. The lowest BCUT2D eigenvalue weighted by molar-refractivity contribution is -0.135. The van der Waals surface area contributed by atoms with Crippen LogP contribution in [0.2, 0.25) is 0 Å². The smallest absolute Gasteiger partial charge is 0.261 e. The van der Waals surface area contributed by atoms with Gasteiger partial charge in [0.15, 0.2) is 16.4 Å². The predicted molar refractivity (Wildman–Crippen MR) is 99.0 cm³/mol. The van der Waals surface area contributed by atoms with E-state index in [2.05, 4.69) is 31.9 Å². The molecule has 132 valence electrons. The molecule has 24 heavy (non-hydrogen) atoms. The summed E-state index contributed by atoms with van der Waals surface area (Å²) in [6, 6.07) is 3.81. The topological polar surface area (TPSA) is 63.7 Å². The maximum Gasteiger partial charge on any atom is 0.261 e. The van der Waals surface area contributed by atoms with Crippen molar-refractivity contribution in [3.05, 3.63) is 26.6 Å². The third-order valence-electron chi connectivity index (χ3n) is 4.31. The van der Waals surface area contributed by atoms with Crippen LogP contribution in [0.3, 0.4) is 0 Å². The summed E-state index contributed by atoms with van der Waals surface area (Å²) >= 11 is 6.90. The molecule has 0 bridgehead atoms. The highest BCUT2D eigenvalue weighted by Gasteiger charge is 2.42. The molecule has 1 aliphatic carbocycles. The molecule has 0 unspecified atom stereocenters. The number of hydrogen-bond donors (Lipinski definition) is 0. The SMILES string of the molecule is Cc1cc(Br)c(OCC(=O)N(C2CC2)[C@H]2CCS(=O)(=O)C2)c(Br)c1. The van der Waals surface area contributed by atoms with Gasteiger partial charge in [-0.15, -0.1) is 0 Å². The summed E-state index contributed by atoms with van der Waals surface area (Å²) < 4.78 is 30.7. The maximum absolute atomic E-state index is 12.7. The average Bonchev–Trinajstić information content (AvgIpc) is 3.22. The second kappa shape index (κ2) is 6.96. The summed E-state index contributed by atoms with van der Waals surface area (Å²) in [5, 5.41) is 0. The molecule has 1 amide bonds. The Hall–Kier alpha value is -0.600. The van der Waals surface area contributed by atoms with Crippen LogP contribution in [0.15, 0.2) is 21.1 Å². The minimum absolute atomic E-state index is 0.0765. The first-order chi connectivity index (χ1) is 11.3. The lowest BCUT2D eigenvalue weighted by atomic mass is 10.2. The number of ether oxygens (including phenoxy) is 1. The Balaban J connectivity index is 1.69. The van der Waals surface area contributed by atoms with Crippen LogP contribution < -0.4 is 4.74 Å². The van der Waals surface area contributed by atoms with E-state index >= 15 is 0 Å². The summed E-state index contributed by atoms with van der Waals surface area (Å²) in [5.74, 6) is 0.694. The van der Waals surface area contributed by atoms with Crippen molar-refractivity contribution in [2.75, 3.05) is 18.1 Å².